The van der Waals surface area contributed by atoms with E-state index in [4.69, 9.17) is 4.42 Å². The van der Waals surface area contributed by atoms with Gasteiger partial charge in [0.2, 0.25) is 0 Å². The van der Waals surface area contributed by atoms with E-state index in [0.717, 1.165) is 29.1 Å². The summed E-state index contributed by atoms with van der Waals surface area (Å²) in [5.41, 5.74) is 4.27. The highest BCUT2D eigenvalue weighted by atomic mass is 16.3. The van der Waals surface area contributed by atoms with E-state index in [2.05, 4.69) is 14.9 Å². The van der Waals surface area contributed by atoms with E-state index in [1.807, 2.05) is 59.6 Å². The first-order valence-corrected chi connectivity index (χ1v) is 13.0. The van der Waals surface area contributed by atoms with Crippen LogP contribution < -0.4 is 5.32 Å². The number of likely N-dealkylation sites (tertiary alicyclic amines) is 1. The Labute approximate surface area is 223 Å². The standard InChI is InChI=1S/C31H24N4O4/c36-29-27(28(30(37)33-29)24-18-39-26-8-4-2-6-22(24)26)23-17-35(25-7-3-1-5-21(23)25)20-11-15-34(16-12-20)31(38)19-9-13-32-14-10-19/h1-10,13-14,17-18,20H,11-12,15-16H2,(H,33,36,37). The minimum atomic E-state index is -0.429. The van der Waals surface area contributed by atoms with Crippen LogP contribution in [-0.4, -0.2) is 45.3 Å². The van der Waals surface area contributed by atoms with E-state index in [1.165, 1.54) is 0 Å². The molecule has 8 nitrogen and oxygen atoms in total. The molecular formula is C31H24N4O4. The van der Waals surface area contributed by atoms with Crippen LogP contribution in [0.25, 0.3) is 33.0 Å². The lowest BCUT2D eigenvalue weighted by molar-refractivity contribution is -0.122. The number of benzene rings is 2. The van der Waals surface area contributed by atoms with Gasteiger partial charge in [0.1, 0.15) is 5.58 Å². The number of rotatable bonds is 4. The van der Waals surface area contributed by atoms with Crippen molar-refractivity contribution in [2.45, 2.75) is 18.9 Å². The zero-order chi connectivity index (χ0) is 26.5. The molecule has 1 N–H and O–H groups in total. The molecule has 7 rings (SSSR count). The first-order chi connectivity index (χ1) is 19.1. The molecule has 1 saturated heterocycles. The Bertz CT molecular complexity index is 1810. The third-order valence-electron chi connectivity index (χ3n) is 7.76. The Balaban J connectivity index is 1.28. The van der Waals surface area contributed by atoms with Gasteiger partial charge in [0.15, 0.2) is 0 Å². The smallest absolute Gasteiger partial charge is 0.259 e. The van der Waals surface area contributed by atoms with Crippen LogP contribution in [0, 0.1) is 0 Å². The number of imide groups is 1. The largest absolute Gasteiger partial charge is 0.464 e. The number of piperidine rings is 1. The highest BCUT2D eigenvalue weighted by Crippen LogP contribution is 2.40. The number of pyridine rings is 1. The van der Waals surface area contributed by atoms with Crippen molar-refractivity contribution in [3.05, 3.63) is 102 Å². The molecule has 3 aromatic heterocycles. The van der Waals surface area contributed by atoms with Gasteiger partial charge in [0.25, 0.3) is 17.7 Å². The average molecular weight is 517 g/mol. The summed E-state index contributed by atoms with van der Waals surface area (Å²) >= 11 is 0. The number of amides is 3. The highest BCUT2D eigenvalue weighted by Gasteiger charge is 2.36. The minimum Gasteiger partial charge on any atom is -0.464 e. The van der Waals surface area contributed by atoms with Crippen LogP contribution in [-0.2, 0) is 9.59 Å². The quantitative estimate of drug-likeness (QED) is 0.345. The van der Waals surface area contributed by atoms with Gasteiger partial charge in [0.05, 0.1) is 17.4 Å². The van der Waals surface area contributed by atoms with E-state index < -0.39 is 11.8 Å². The number of fused-ring (bicyclic) bond motifs is 2. The van der Waals surface area contributed by atoms with Crippen molar-refractivity contribution in [3.63, 3.8) is 0 Å². The maximum absolute atomic E-state index is 13.2. The first-order valence-electron chi connectivity index (χ1n) is 13.0. The van der Waals surface area contributed by atoms with Crippen molar-refractivity contribution in [2.75, 3.05) is 13.1 Å². The van der Waals surface area contributed by atoms with Crippen LogP contribution in [0.15, 0.2) is 89.9 Å². The molecule has 0 saturated carbocycles. The minimum absolute atomic E-state index is 0.0113. The lowest BCUT2D eigenvalue weighted by atomic mass is 9.95. The van der Waals surface area contributed by atoms with Crippen molar-refractivity contribution in [1.29, 1.82) is 0 Å². The van der Waals surface area contributed by atoms with Crippen molar-refractivity contribution < 1.29 is 18.8 Å². The van der Waals surface area contributed by atoms with E-state index >= 15 is 0 Å². The molecule has 2 aliphatic rings. The second-order valence-electron chi connectivity index (χ2n) is 9.91. The van der Waals surface area contributed by atoms with Crippen molar-refractivity contribution >= 4 is 50.7 Å². The van der Waals surface area contributed by atoms with Gasteiger partial charge in [-0.25, -0.2) is 0 Å². The van der Waals surface area contributed by atoms with Crippen molar-refractivity contribution in [2.24, 2.45) is 0 Å². The highest BCUT2D eigenvalue weighted by molar-refractivity contribution is 6.50. The number of nitrogens with one attached hydrogen (secondary N) is 1. The molecule has 0 unspecified atom stereocenters. The molecular weight excluding hydrogens is 492 g/mol. The monoisotopic (exact) mass is 516 g/mol. The lowest BCUT2D eigenvalue weighted by Crippen LogP contribution is -2.39. The fourth-order valence-electron chi connectivity index (χ4n) is 5.87. The van der Waals surface area contributed by atoms with E-state index in [1.54, 1.807) is 30.8 Å². The second-order valence-corrected chi connectivity index (χ2v) is 9.91. The maximum atomic E-state index is 13.2. The van der Waals surface area contributed by atoms with Crippen molar-refractivity contribution in [3.8, 4) is 0 Å². The molecule has 5 aromatic rings. The van der Waals surface area contributed by atoms with Gasteiger partial charge in [0, 0.05) is 70.7 Å². The number of hydrogen-bond acceptors (Lipinski definition) is 5. The van der Waals surface area contributed by atoms with Crippen LogP contribution in [0.5, 0.6) is 0 Å². The normalized spacial score (nSPS) is 16.5. The van der Waals surface area contributed by atoms with Gasteiger partial charge in [-0.05, 0) is 37.1 Å². The zero-order valence-corrected chi connectivity index (χ0v) is 21.0. The van der Waals surface area contributed by atoms with Gasteiger partial charge >= 0.3 is 0 Å². The molecule has 5 heterocycles. The molecule has 3 amide bonds. The van der Waals surface area contributed by atoms with Crippen LogP contribution in [0.2, 0.25) is 0 Å². The van der Waals surface area contributed by atoms with E-state index in [0.29, 0.717) is 46.5 Å². The van der Waals surface area contributed by atoms with Crippen LogP contribution >= 0.6 is 0 Å². The Morgan fingerprint density at radius 2 is 1.51 bits per heavy atom. The molecule has 0 aliphatic carbocycles. The van der Waals surface area contributed by atoms with Gasteiger partial charge in [-0.1, -0.05) is 36.4 Å². The maximum Gasteiger partial charge on any atom is 0.259 e. The average Bonchev–Trinajstić information content (AvgIpc) is 3.65. The van der Waals surface area contributed by atoms with Crippen LogP contribution in [0.4, 0.5) is 0 Å². The predicted octanol–water partition coefficient (Wildman–Crippen LogP) is 4.83. The number of furan rings is 1. The fraction of sp³-hybridized carbons (Fsp3) is 0.161. The number of carbonyl (C=O) groups is 3. The SMILES string of the molecule is O=C1NC(=O)C(c2cn(C3CCN(C(=O)c4ccncc4)CC3)c3ccccc23)=C1c1coc2ccccc12. The topological polar surface area (TPSA) is 97.4 Å². The third kappa shape index (κ3) is 3.75. The Morgan fingerprint density at radius 3 is 2.28 bits per heavy atom. The molecule has 0 spiro atoms. The summed E-state index contributed by atoms with van der Waals surface area (Å²) in [7, 11) is 0. The fourth-order valence-corrected chi connectivity index (χ4v) is 5.87. The Morgan fingerprint density at radius 1 is 0.846 bits per heavy atom. The number of para-hydroxylation sites is 2. The molecule has 1 fully saturated rings. The lowest BCUT2D eigenvalue weighted by Gasteiger charge is -2.33. The molecule has 39 heavy (non-hydrogen) atoms. The number of hydrogen-bond donors (Lipinski definition) is 1. The molecule has 8 heteroatoms. The van der Waals surface area contributed by atoms with Crippen molar-refractivity contribution in [1.82, 2.24) is 19.8 Å². The van der Waals surface area contributed by atoms with E-state index in [9.17, 15) is 14.4 Å². The van der Waals surface area contributed by atoms with Gasteiger partial charge in [-0.2, -0.15) is 0 Å². The summed E-state index contributed by atoms with van der Waals surface area (Å²) in [6, 6.07) is 19.0. The summed E-state index contributed by atoms with van der Waals surface area (Å²) in [6.07, 6.45) is 8.36. The summed E-state index contributed by atoms with van der Waals surface area (Å²) in [5.74, 6) is -0.834. The van der Waals surface area contributed by atoms with Gasteiger partial charge in [-0.3, -0.25) is 24.7 Å². The zero-order valence-electron chi connectivity index (χ0n) is 21.0. The summed E-state index contributed by atoms with van der Waals surface area (Å²) < 4.78 is 7.91. The predicted molar refractivity (Wildman–Crippen MR) is 147 cm³/mol. The van der Waals surface area contributed by atoms with Gasteiger partial charge in [-0.15, -0.1) is 0 Å². The summed E-state index contributed by atoms with van der Waals surface area (Å²) in [4.78, 5) is 45.1. The number of aromatic nitrogens is 2. The Hall–Kier alpha value is -4.98. The van der Waals surface area contributed by atoms with Crippen LogP contribution in [0.1, 0.15) is 40.4 Å². The Kier molecular flexibility index (Phi) is 5.40. The molecule has 2 aliphatic heterocycles. The van der Waals surface area contributed by atoms with E-state index in [-0.39, 0.29) is 11.9 Å². The second kappa shape index (κ2) is 9.09. The third-order valence-corrected chi connectivity index (χ3v) is 7.76. The molecule has 0 bridgehead atoms. The summed E-state index contributed by atoms with van der Waals surface area (Å²) in [5, 5.41) is 4.19. The summed E-state index contributed by atoms with van der Waals surface area (Å²) in [6.45, 7) is 1.25. The first kappa shape index (κ1) is 23.2. The van der Waals surface area contributed by atoms with Gasteiger partial charge < -0.3 is 13.9 Å². The van der Waals surface area contributed by atoms with Crippen LogP contribution in [0.3, 0.4) is 0 Å². The molecule has 192 valence electrons. The molecule has 0 atom stereocenters. The molecule has 2 aromatic carbocycles. The number of carbonyl (C=O) groups excluding carboxylic acids is 3. The number of nitrogens with zero attached hydrogens (tertiary/aromatic N) is 3. The molecule has 0 radical (unpaired) electrons.